The van der Waals surface area contributed by atoms with Gasteiger partial charge in [0, 0.05) is 50.8 Å². The maximum Gasteiger partial charge on any atom is 0.273 e. The lowest BCUT2D eigenvalue weighted by molar-refractivity contribution is -0.385. The SMILES string of the molecule is COc1ccc(Cl)cc1N(CC(=O)N(Cc1c(Cl)cccc1Cl)[C@@H](Cc1ccccc1)C(=O)NC(C)(C)C)S(=O)(=O)c1ccc(C)c([N+](=O)[O-])c1. The first-order valence-electron chi connectivity index (χ1n) is 15.6. The molecule has 1 atom stereocenters. The number of anilines is 1. The van der Waals surface area contributed by atoms with Gasteiger partial charge in [0.05, 0.1) is 22.6 Å². The van der Waals surface area contributed by atoms with Gasteiger partial charge >= 0.3 is 0 Å². The molecule has 51 heavy (non-hydrogen) atoms. The Hall–Kier alpha value is -4.36. The lowest BCUT2D eigenvalue weighted by Crippen LogP contribution is -2.56. The molecule has 270 valence electrons. The second-order valence-corrected chi connectivity index (χ2v) is 15.8. The molecule has 0 heterocycles. The zero-order valence-electron chi connectivity index (χ0n) is 28.5. The summed E-state index contributed by atoms with van der Waals surface area (Å²) in [5, 5.41) is 15.3. The molecule has 1 N–H and O–H groups in total. The van der Waals surface area contributed by atoms with Gasteiger partial charge in [0.25, 0.3) is 15.7 Å². The van der Waals surface area contributed by atoms with E-state index >= 15 is 0 Å². The van der Waals surface area contributed by atoms with Crippen molar-refractivity contribution >= 4 is 68.0 Å². The van der Waals surface area contributed by atoms with Crippen LogP contribution in [0.25, 0.3) is 0 Å². The Morgan fingerprint density at radius 3 is 2.18 bits per heavy atom. The first-order valence-corrected chi connectivity index (χ1v) is 18.2. The number of methoxy groups -OCH3 is 1. The molecule has 0 unspecified atom stereocenters. The van der Waals surface area contributed by atoms with Crippen LogP contribution in [0.1, 0.15) is 37.5 Å². The lowest BCUT2D eigenvalue weighted by Gasteiger charge is -2.35. The van der Waals surface area contributed by atoms with Crippen LogP contribution in [-0.4, -0.2) is 55.3 Å². The van der Waals surface area contributed by atoms with E-state index in [0.29, 0.717) is 5.56 Å². The van der Waals surface area contributed by atoms with E-state index in [9.17, 15) is 28.1 Å². The molecular weight excluding hydrogens is 739 g/mol. The molecule has 4 rings (SSSR count). The smallest absolute Gasteiger partial charge is 0.273 e. The summed E-state index contributed by atoms with van der Waals surface area (Å²) in [4.78, 5) is 40.8. The van der Waals surface area contributed by atoms with Crippen LogP contribution < -0.4 is 14.4 Å². The number of carbonyl (C=O) groups excluding carboxylic acids is 2. The summed E-state index contributed by atoms with van der Waals surface area (Å²) in [7, 11) is -3.42. The van der Waals surface area contributed by atoms with Gasteiger partial charge in [-0.25, -0.2) is 8.42 Å². The third-order valence-corrected chi connectivity index (χ3v) is 10.5. The summed E-state index contributed by atoms with van der Waals surface area (Å²) in [6.07, 6.45) is 0.0496. The number of hydrogen-bond acceptors (Lipinski definition) is 7. The second-order valence-electron chi connectivity index (χ2n) is 12.7. The molecule has 4 aromatic carbocycles. The van der Waals surface area contributed by atoms with Crippen molar-refractivity contribution in [1.29, 1.82) is 0 Å². The van der Waals surface area contributed by atoms with Crippen LogP contribution in [0.4, 0.5) is 11.4 Å². The zero-order valence-corrected chi connectivity index (χ0v) is 31.6. The zero-order chi connectivity index (χ0) is 37.7. The Morgan fingerprint density at radius 1 is 0.941 bits per heavy atom. The molecule has 0 saturated carbocycles. The van der Waals surface area contributed by atoms with Crippen molar-refractivity contribution in [2.45, 2.75) is 57.1 Å². The minimum Gasteiger partial charge on any atom is -0.495 e. The fourth-order valence-corrected chi connectivity index (χ4v) is 7.43. The molecule has 0 fully saturated rings. The Morgan fingerprint density at radius 2 is 1.59 bits per heavy atom. The number of ether oxygens (including phenoxy) is 1. The third-order valence-electron chi connectivity index (χ3n) is 7.81. The summed E-state index contributed by atoms with van der Waals surface area (Å²) in [5.41, 5.74) is 0.0424. The van der Waals surface area contributed by atoms with Crippen molar-refractivity contribution in [1.82, 2.24) is 10.2 Å². The van der Waals surface area contributed by atoms with E-state index in [1.165, 1.54) is 49.3 Å². The molecule has 0 aliphatic heterocycles. The molecule has 0 radical (unpaired) electrons. The highest BCUT2D eigenvalue weighted by Gasteiger charge is 2.37. The van der Waals surface area contributed by atoms with Gasteiger partial charge in [-0.2, -0.15) is 0 Å². The Bertz CT molecular complexity index is 2020. The van der Waals surface area contributed by atoms with Crippen LogP contribution in [-0.2, 0) is 32.6 Å². The molecular formula is C36H37Cl3N4O7S. The van der Waals surface area contributed by atoms with Gasteiger partial charge < -0.3 is 15.0 Å². The van der Waals surface area contributed by atoms with Crippen molar-refractivity contribution in [3.05, 3.63) is 127 Å². The maximum absolute atomic E-state index is 14.8. The number of nitrogens with one attached hydrogen (secondary N) is 1. The second kappa shape index (κ2) is 16.3. The number of benzene rings is 4. The number of rotatable bonds is 13. The predicted molar refractivity (Wildman–Crippen MR) is 199 cm³/mol. The van der Waals surface area contributed by atoms with Crippen molar-refractivity contribution in [3.63, 3.8) is 0 Å². The van der Waals surface area contributed by atoms with E-state index < -0.39 is 55.5 Å². The van der Waals surface area contributed by atoms with Gasteiger partial charge in [0.2, 0.25) is 11.8 Å². The Labute approximate surface area is 312 Å². The Kier molecular flexibility index (Phi) is 12.6. The highest BCUT2D eigenvalue weighted by molar-refractivity contribution is 7.92. The van der Waals surface area contributed by atoms with Crippen molar-refractivity contribution < 1.29 is 27.7 Å². The van der Waals surface area contributed by atoms with Gasteiger partial charge in [-0.3, -0.25) is 24.0 Å². The fraction of sp³-hybridized carbons (Fsp3) is 0.278. The molecule has 0 saturated heterocycles. The average molecular weight is 776 g/mol. The van der Waals surface area contributed by atoms with Gasteiger partial charge in [-0.15, -0.1) is 0 Å². The molecule has 0 aliphatic rings. The van der Waals surface area contributed by atoms with Crippen LogP contribution in [0.2, 0.25) is 15.1 Å². The number of halogens is 3. The van der Waals surface area contributed by atoms with Crippen LogP contribution >= 0.6 is 34.8 Å². The minimum absolute atomic E-state index is 0.0457. The van der Waals surface area contributed by atoms with Crippen LogP contribution in [0.3, 0.4) is 0 Å². The molecule has 4 aromatic rings. The van der Waals surface area contributed by atoms with Gasteiger partial charge in [0.1, 0.15) is 18.3 Å². The van der Waals surface area contributed by atoms with Gasteiger partial charge in [-0.05, 0) is 69.7 Å². The van der Waals surface area contributed by atoms with Crippen molar-refractivity contribution in [2.24, 2.45) is 0 Å². The van der Waals surface area contributed by atoms with E-state index in [4.69, 9.17) is 39.5 Å². The molecule has 0 aromatic heterocycles. The third kappa shape index (κ3) is 9.70. The van der Waals surface area contributed by atoms with E-state index in [2.05, 4.69) is 5.32 Å². The summed E-state index contributed by atoms with van der Waals surface area (Å²) in [5.74, 6) is -1.28. The fourth-order valence-electron chi connectivity index (χ4n) is 5.31. The number of aryl methyl sites for hydroxylation is 1. The Balaban J connectivity index is 1.94. The average Bonchev–Trinajstić information content (AvgIpc) is 3.05. The van der Waals surface area contributed by atoms with Crippen molar-refractivity contribution in [2.75, 3.05) is 18.0 Å². The normalized spacial score (nSPS) is 12.2. The summed E-state index contributed by atoms with van der Waals surface area (Å²) < 4.78 is 35.3. The minimum atomic E-state index is -4.74. The maximum atomic E-state index is 14.8. The first-order chi connectivity index (χ1) is 23.9. The summed E-state index contributed by atoms with van der Waals surface area (Å²) in [6, 6.07) is 20.3. The van der Waals surface area contributed by atoms with Crippen LogP contribution in [0.5, 0.6) is 5.75 Å². The number of nitro groups is 1. The van der Waals surface area contributed by atoms with Crippen LogP contribution in [0, 0.1) is 17.0 Å². The number of hydrogen-bond donors (Lipinski definition) is 1. The summed E-state index contributed by atoms with van der Waals surface area (Å²) in [6.45, 7) is 5.70. The molecule has 0 aliphatic carbocycles. The number of carbonyl (C=O) groups is 2. The van der Waals surface area contributed by atoms with E-state index in [0.717, 1.165) is 15.9 Å². The largest absolute Gasteiger partial charge is 0.495 e. The number of amides is 2. The van der Waals surface area contributed by atoms with E-state index in [1.54, 1.807) is 63.2 Å². The van der Waals surface area contributed by atoms with E-state index in [-0.39, 0.29) is 45.0 Å². The topological polar surface area (TPSA) is 139 Å². The molecule has 0 spiro atoms. The van der Waals surface area contributed by atoms with Crippen LogP contribution in [0.15, 0.2) is 89.8 Å². The lowest BCUT2D eigenvalue weighted by atomic mass is 10.0. The standard InChI is InChI=1S/C36H37Cl3N4O7S/c1-23-14-16-26(20-30(23)43(46)47)51(48,49)42(31-19-25(37)15-17-33(31)50-5)22-34(44)41(21-27-28(38)12-9-13-29(27)39)32(35(45)40-36(2,3)4)18-24-10-7-6-8-11-24/h6-17,19-20,32H,18,21-22H2,1-5H3,(H,40,45)/t32-/m0/s1. The van der Waals surface area contributed by atoms with Gasteiger partial charge in [0.15, 0.2) is 0 Å². The highest BCUT2D eigenvalue weighted by Crippen LogP contribution is 2.36. The van der Waals surface area contributed by atoms with E-state index in [1.807, 2.05) is 6.07 Å². The number of sulfonamides is 1. The first kappa shape index (κ1) is 39.4. The molecule has 11 nitrogen and oxygen atoms in total. The molecule has 2 amide bonds. The molecule has 15 heteroatoms. The molecule has 0 bridgehead atoms. The summed E-state index contributed by atoms with van der Waals surface area (Å²) >= 11 is 19.5. The van der Waals surface area contributed by atoms with Crippen molar-refractivity contribution in [3.8, 4) is 5.75 Å². The number of nitro benzene ring substituents is 1. The van der Waals surface area contributed by atoms with Gasteiger partial charge in [-0.1, -0.05) is 77.3 Å². The monoisotopic (exact) mass is 774 g/mol. The quantitative estimate of drug-likeness (QED) is 0.109. The number of nitrogens with zero attached hydrogens (tertiary/aromatic N) is 3. The highest BCUT2D eigenvalue weighted by atomic mass is 35.5. The predicted octanol–water partition coefficient (Wildman–Crippen LogP) is 7.62.